The molecular weight excluding hydrogens is 356 g/mol. The minimum Gasteiger partial charge on any atom is -0.380 e. The Kier molecular flexibility index (Phi) is 4.80. The first kappa shape index (κ1) is 17.4. The van der Waals surface area contributed by atoms with Crippen molar-refractivity contribution in [3.63, 3.8) is 0 Å². The Morgan fingerprint density at radius 2 is 1.46 bits per heavy atom. The molecule has 0 unspecified atom stereocenters. The molecular formula is C20H24N6O2. The molecule has 0 spiro atoms. The predicted octanol–water partition coefficient (Wildman–Crippen LogP) is 1.88. The van der Waals surface area contributed by atoms with E-state index >= 15 is 0 Å². The zero-order valence-corrected chi connectivity index (χ0v) is 15.8. The lowest BCUT2D eigenvalue weighted by Gasteiger charge is -2.29. The monoisotopic (exact) mass is 380 g/mol. The van der Waals surface area contributed by atoms with Crippen LogP contribution in [0.15, 0.2) is 36.7 Å². The third-order valence-electron chi connectivity index (χ3n) is 5.24. The number of imidazole rings is 1. The summed E-state index contributed by atoms with van der Waals surface area (Å²) in [4.78, 5) is 18.9. The molecule has 3 aromatic rings. The molecule has 8 heteroatoms. The van der Waals surface area contributed by atoms with Gasteiger partial charge in [0, 0.05) is 38.9 Å². The maximum Gasteiger partial charge on any atom is 0.239 e. The molecule has 2 aromatic heterocycles. The molecule has 0 radical (unpaired) electrons. The smallest absolute Gasteiger partial charge is 0.239 e. The second-order valence-electron chi connectivity index (χ2n) is 7.04. The summed E-state index contributed by atoms with van der Waals surface area (Å²) in [5.74, 6) is 2.53. The average Bonchev–Trinajstić information content (AvgIpc) is 3.00. The second-order valence-corrected chi connectivity index (χ2v) is 7.04. The van der Waals surface area contributed by atoms with Crippen molar-refractivity contribution >= 4 is 22.7 Å². The summed E-state index contributed by atoms with van der Waals surface area (Å²) in [5.41, 5.74) is 1.94. The number of ether oxygens (including phenoxy) is 2. The summed E-state index contributed by atoms with van der Waals surface area (Å²) >= 11 is 0. The molecule has 0 amide bonds. The molecule has 8 nitrogen and oxygen atoms in total. The highest BCUT2D eigenvalue weighted by Crippen LogP contribution is 2.24. The third kappa shape index (κ3) is 3.41. The largest absolute Gasteiger partial charge is 0.380 e. The molecule has 4 heterocycles. The van der Waals surface area contributed by atoms with Crippen LogP contribution >= 0.6 is 0 Å². The fraction of sp³-hybridized carbons (Fsp3) is 0.450. The van der Waals surface area contributed by atoms with Crippen LogP contribution in [-0.4, -0.2) is 72.1 Å². The summed E-state index contributed by atoms with van der Waals surface area (Å²) in [6.07, 6.45) is 2.80. The van der Waals surface area contributed by atoms with Crippen LogP contribution in [0.2, 0.25) is 0 Å². The molecule has 146 valence electrons. The van der Waals surface area contributed by atoms with Gasteiger partial charge in [-0.05, 0) is 18.6 Å². The van der Waals surface area contributed by atoms with E-state index in [1.807, 2.05) is 28.8 Å². The molecule has 1 aromatic carbocycles. The minimum absolute atomic E-state index is 0.651. The predicted molar refractivity (Wildman–Crippen MR) is 107 cm³/mol. The van der Waals surface area contributed by atoms with Crippen molar-refractivity contribution in [1.29, 1.82) is 0 Å². The van der Waals surface area contributed by atoms with E-state index < -0.39 is 0 Å². The number of aromatic nitrogens is 4. The summed E-state index contributed by atoms with van der Waals surface area (Å²) < 4.78 is 13.1. The summed E-state index contributed by atoms with van der Waals surface area (Å²) in [6, 6.07) is 10.2. The molecule has 0 N–H and O–H groups in total. The number of hydrogen-bond acceptors (Lipinski definition) is 7. The van der Waals surface area contributed by atoms with Gasteiger partial charge in [-0.15, -0.1) is 0 Å². The summed E-state index contributed by atoms with van der Waals surface area (Å²) in [7, 11) is 0. The van der Waals surface area contributed by atoms with Crippen LogP contribution in [0.1, 0.15) is 6.42 Å². The van der Waals surface area contributed by atoms with E-state index in [0.29, 0.717) is 5.95 Å². The van der Waals surface area contributed by atoms with Crippen LogP contribution in [0.4, 0.5) is 11.6 Å². The molecule has 0 aliphatic carbocycles. The van der Waals surface area contributed by atoms with Gasteiger partial charge in [-0.1, -0.05) is 12.1 Å². The van der Waals surface area contributed by atoms with Crippen molar-refractivity contribution in [2.75, 3.05) is 62.4 Å². The molecule has 0 bridgehead atoms. The maximum absolute atomic E-state index is 5.63. The Labute approximate surface area is 163 Å². The molecule has 28 heavy (non-hydrogen) atoms. The molecule has 2 fully saturated rings. The molecule has 2 aliphatic rings. The van der Waals surface area contributed by atoms with Gasteiger partial charge in [0.25, 0.3) is 0 Å². The SMILES string of the molecule is c1ccc2c(c1)ncn2-c1nc(N2CCCOCC2)cc(N2CCOCC2)n1. The van der Waals surface area contributed by atoms with Crippen molar-refractivity contribution in [2.45, 2.75) is 6.42 Å². The van der Waals surface area contributed by atoms with Crippen LogP contribution in [-0.2, 0) is 9.47 Å². The van der Waals surface area contributed by atoms with Gasteiger partial charge in [0.15, 0.2) is 0 Å². The number of fused-ring (bicyclic) bond motifs is 1. The van der Waals surface area contributed by atoms with Crippen LogP contribution in [0.5, 0.6) is 0 Å². The molecule has 0 atom stereocenters. The summed E-state index contributed by atoms with van der Waals surface area (Å²) in [6.45, 7) is 6.42. The zero-order valence-electron chi connectivity index (χ0n) is 15.8. The molecule has 5 rings (SSSR count). The highest BCUT2D eigenvalue weighted by molar-refractivity contribution is 5.76. The van der Waals surface area contributed by atoms with Gasteiger partial charge in [0.05, 0.1) is 30.9 Å². The van der Waals surface area contributed by atoms with Crippen molar-refractivity contribution in [3.8, 4) is 5.95 Å². The lowest BCUT2D eigenvalue weighted by Crippen LogP contribution is -2.37. The summed E-state index contributed by atoms with van der Waals surface area (Å²) in [5, 5.41) is 0. The Morgan fingerprint density at radius 1 is 0.786 bits per heavy atom. The van der Waals surface area contributed by atoms with Crippen molar-refractivity contribution in [3.05, 3.63) is 36.7 Å². The second kappa shape index (κ2) is 7.73. The third-order valence-corrected chi connectivity index (χ3v) is 5.24. The van der Waals surface area contributed by atoms with Gasteiger partial charge < -0.3 is 19.3 Å². The Morgan fingerprint density at radius 3 is 2.25 bits per heavy atom. The highest BCUT2D eigenvalue weighted by atomic mass is 16.5. The van der Waals surface area contributed by atoms with Crippen molar-refractivity contribution in [2.24, 2.45) is 0 Å². The number of para-hydroxylation sites is 2. The van der Waals surface area contributed by atoms with Gasteiger partial charge in [-0.3, -0.25) is 4.57 Å². The molecule has 0 saturated carbocycles. The van der Waals surface area contributed by atoms with Crippen molar-refractivity contribution in [1.82, 2.24) is 19.5 Å². The Bertz CT molecular complexity index is 945. The van der Waals surface area contributed by atoms with Gasteiger partial charge in [0.2, 0.25) is 5.95 Å². The van der Waals surface area contributed by atoms with E-state index in [-0.39, 0.29) is 0 Å². The number of rotatable bonds is 3. The van der Waals surface area contributed by atoms with E-state index in [1.54, 1.807) is 6.33 Å². The normalized spacial score (nSPS) is 18.4. The zero-order chi connectivity index (χ0) is 18.8. The van der Waals surface area contributed by atoms with E-state index in [4.69, 9.17) is 19.4 Å². The standard InChI is InChI=1S/C20H24N6O2/c1-2-5-17-16(4-1)21-15-26(17)20-22-18(24-6-3-10-27-11-7-24)14-19(23-20)25-8-12-28-13-9-25/h1-2,4-5,14-15H,3,6-13H2. The van der Waals surface area contributed by atoms with E-state index in [0.717, 1.165) is 81.7 Å². The first-order valence-corrected chi connectivity index (χ1v) is 9.85. The number of nitrogens with zero attached hydrogens (tertiary/aromatic N) is 6. The quantitative estimate of drug-likeness (QED) is 0.687. The topological polar surface area (TPSA) is 68.5 Å². The van der Waals surface area contributed by atoms with Gasteiger partial charge in [-0.25, -0.2) is 4.98 Å². The Balaban J connectivity index is 1.59. The molecule has 2 aliphatic heterocycles. The number of morpholine rings is 1. The van der Waals surface area contributed by atoms with Crippen molar-refractivity contribution < 1.29 is 9.47 Å². The number of anilines is 2. The van der Waals surface area contributed by atoms with Crippen LogP contribution < -0.4 is 9.80 Å². The van der Waals surface area contributed by atoms with E-state index in [1.165, 1.54) is 0 Å². The fourth-order valence-corrected chi connectivity index (χ4v) is 3.73. The van der Waals surface area contributed by atoms with Gasteiger partial charge >= 0.3 is 0 Å². The average molecular weight is 380 g/mol. The van der Waals surface area contributed by atoms with E-state index in [2.05, 4.69) is 20.9 Å². The van der Waals surface area contributed by atoms with Gasteiger partial charge in [-0.2, -0.15) is 9.97 Å². The van der Waals surface area contributed by atoms with Gasteiger partial charge in [0.1, 0.15) is 18.0 Å². The van der Waals surface area contributed by atoms with Crippen LogP contribution in [0, 0.1) is 0 Å². The first-order chi connectivity index (χ1) is 13.9. The fourth-order valence-electron chi connectivity index (χ4n) is 3.73. The lowest BCUT2D eigenvalue weighted by atomic mass is 10.3. The minimum atomic E-state index is 0.651. The lowest BCUT2D eigenvalue weighted by molar-refractivity contribution is 0.122. The first-order valence-electron chi connectivity index (χ1n) is 9.85. The molecule has 2 saturated heterocycles. The highest BCUT2D eigenvalue weighted by Gasteiger charge is 2.20. The Hall–Kier alpha value is -2.71. The number of benzene rings is 1. The van der Waals surface area contributed by atoms with E-state index in [9.17, 15) is 0 Å². The van der Waals surface area contributed by atoms with Crippen LogP contribution in [0.3, 0.4) is 0 Å². The number of hydrogen-bond donors (Lipinski definition) is 0. The van der Waals surface area contributed by atoms with Crippen LogP contribution in [0.25, 0.3) is 17.0 Å². The maximum atomic E-state index is 5.63.